The lowest BCUT2D eigenvalue weighted by molar-refractivity contribution is -0.0104. The van der Waals surface area contributed by atoms with Crippen LogP contribution in [-0.4, -0.2) is 42.0 Å². The number of halogens is 2. The molecule has 1 rings (SSSR count). The molecule has 1 saturated heterocycles. The van der Waals surface area contributed by atoms with Crippen LogP contribution in [0.3, 0.4) is 0 Å². The summed E-state index contributed by atoms with van der Waals surface area (Å²) in [5.41, 5.74) is 0. The van der Waals surface area contributed by atoms with Gasteiger partial charge in [0.15, 0.2) is 0 Å². The fraction of sp³-hybridized carbons (Fsp3) is 1.00. The van der Waals surface area contributed by atoms with Gasteiger partial charge >= 0.3 is 0 Å². The lowest BCUT2D eigenvalue weighted by Gasteiger charge is -2.15. The van der Waals surface area contributed by atoms with E-state index in [1.807, 2.05) is 6.92 Å². The number of alkyl halides is 2. The second kappa shape index (κ2) is 6.40. The van der Waals surface area contributed by atoms with Gasteiger partial charge in [0, 0.05) is 0 Å². The SMILES string of the molecule is CC(I)OCC(CCl)OCC1CO1. The Balaban J connectivity index is 2.02. The quantitative estimate of drug-likeness (QED) is 0.407. The van der Waals surface area contributed by atoms with Crippen LogP contribution in [0.5, 0.6) is 0 Å². The molecule has 0 aromatic heterocycles. The van der Waals surface area contributed by atoms with Crippen molar-refractivity contribution in [1.82, 2.24) is 0 Å². The molecule has 0 saturated carbocycles. The molecule has 1 fully saturated rings. The first-order valence-corrected chi connectivity index (χ1v) is 6.05. The van der Waals surface area contributed by atoms with E-state index in [-0.39, 0.29) is 10.2 Å². The third-order valence-electron chi connectivity index (χ3n) is 1.60. The Morgan fingerprint density at radius 3 is 2.77 bits per heavy atom. The summed E-state index contributed by atoms with van der Waals surface area (Å²) in [5.74, 6) is 0.468. The van der Waals surface area contributed by atoms with Crippen LogP contribution >= 0.6 is 34.2 Å². The van der Waals surface area contributed by atoms with Crippen LogP contribution in [0, 0.1) is 0 Å². The van der Waals surface area contributed by atoms with Crippen molar-refractivity contribution in [2.75, 3.05) is 25.7 Å². The highest BCUT2D eigenvalue weighted by molar-refractivity contribution is 14.1. The minimum absolute atomic E-state index is 0.0110. The topological polar surface area (TPSA) is 31.0 Å². The van der Waals surface area contributed by atoms with Gasteiger partial charge in [0.25, 0.3) is 0 Å². The Morgan fingerprint density at radius 1 is 1.62 bits per heavy atom. The molecule has 0 bridgehead atoms. The minimum Gasteiger partial charge on any atom is -0.372 e. The Labute approximate surface area is 97.2 Å². The maximum Gasteiger partial charge on any atom is 0.106 e. The molecule has 0 radical (unpaired) electrons. The predicted octanol–water partition coefficient (Wildman–Crippen LogP) is 1.81. The predicted molar refractivity (Wildman–Crippen MR) is 59.6 cm³/mol. The Hall–Kier alpha value is 0.900. The van der Waals surface area contributed by atoms with Crippen molar-refractivity contribution in [3.63, 3.8) is 0 Å². The Bertz CT molecular complexity index is 135. The van der Waals surface area contributed by atoms with Crippen LogP contribution in [0.2, 0.25) is 0 Å². The largest absolute Gasteiger partial charge is 0.372 e. The van der Waals surface area contributed by atoms with Crippen LogP contribution < -0.4 is 0 Å². The molecule has 0 aliphatic carbocycles. The maximum atomic E-state index is 5.71. The van der Waals surface area contributed by atoms with Crippen LogP contribution in [0.1, 0.15) is 6.92 Å². The summed E-state index contributed by atoms with van der Waals surface area (Å²) in [6, 6.07) is 0. The summed E-state index contributed by atoms with van der Waals surface area (Å²) >= 11 is 7.91. The average molecular weight is 321 g/mol. The molecule has 1 aliphatic heterocycles. The zero-order valence-corrected chi connectivity index (χ0v) is 10.5. The molecule has 5 heteroatoms. The van der Waals surface area contributed by atoms with Crippen molar-refractivity contribution in [3.05, 3.63) is 0 Å². The fourth-order valence-electron chi connectivity index (χ4n) is 0.785. The molecule has 0 N–H and O–H groups in total. The summed E-state index contributed by atoms with van der Waals surface area (Å²) in [5, 5.41) is 0. The van der Waals surface area contributed by atoms with Crippen molar-refractivity contribution in [2.24, 2.45) is 0 Å². The zero-order valence-electron chi connectivity index (χ0n) is 7.54. The van der Waals surface area contributed by atoms with E-state index in [2.05, 4.69) is 22.6 Å². The van der Waals surface area contributed by atoms with Gasteiger partial charge in [0.2, 0.25) is 0 Å². The van der Waals surface area contributed by atoms with Crippen LogP contribution in [0.15, 0.2) is 0 Å². The van der Waals surface area contributed by atoms with Gasteiger partial charge in [-0.25, -0.2) is 0 Å². The van der Waals surface area contributed by atoms with E-state index in [4.69, 9.17) is 25.8 Å². The molecular formula is C8H14ClIO3. The molecule has 0 aromatic carbocycles. The summed E-state index contributed by atoms with van der Waals surface area (Å²) in [4.78, 5) is 0. The van der Waals surface area contributed by atoms with Gasteiger partial charge in [-0.15, -0.1) is 11.6 Å². The van der Waals surface area contributed by atoms with Gasteiger partial charge in [0.1, 0.15) is 10.2 Å². The Morgan fingerprint density at radius 2 is 2.31 bits per heavy atom. The van der Waals surface area contributed by atoms with Crippen molar-refractivity contribution in [1.29, 1.82) is 0 Å². The van der Waals surface area contributed by atoms with E-state index in [1.165, 1.54) is 0 Å². The molecule has 1 aliphatic rings. The highest BCUT2D eigenvalue weighted by Gasteiger charge is 2.24. The zero-order chi connectivity index (χ0) is 9.68. The molecule has 0 aromatic rings. The normalized spacial score (nSPS) is 25.6. The van der Waals surface area contributed by atoms with Crippen molar-refractivity contribution < 1.29 is 14.2 Å². The van der Waals surface area contributed by atoms with Crippen molar-refractivity contribution >= 4 is 34.2 Å². The first-order chi connectivity index (χ1) is 6.22. The van der Waals surface area contributed by atoms with Crippen LogP contribution in [0.25, 0.3) is 0 Å². The molecule has 3 nitrogen and oxygen atoms in total. The molecule has 1 heterocycles. The molecule has 3 unspecified atom stereocenters. The number of rotatable bonds is 7. The first-order valence-electron chi connectivity index (χ1n) is 4.27. The summed E-state index contributed by atoms with van der Waals surface area (Å²) in [6.45, 7) is 3.99. The van der Waals surface area contributed by atoms with Crippen LogP contribution in [-0.2, 0) is 14.2 Å². The summed E-state index contributed by atoms with van der Waals surface area (Å²) in [6.07, 6.45) is 0.283. The lowest BCUT2D eigenvalue weighted by Crippen LogP contribution is -2.24. The van der Waals surface area contributed by atoms with Gasteiger partial charge in [-0.3, -0.25) is 0 Å². The van der Waals surface area contributed by atoms with Gasteiger partial charge in [0.05, 0.1) is 31.8 Å². The lowest BCUT2D eigenvalue weighted by atomic mass is 10.4. The molecule has 0 spiro atoms. The third-order valence-corrected chi connectivity index (χ3v) is 2.31. The van der Waals surface area contributed by atoms with Gasteiger partial charge in [-0.05, 0) is 6.92 Å². The number of ether oxygens (including phenoxy) is 3. The third kappa shape index (κ3) is 6.06. The van der Waals surface area contributed by atoms with E-state index < -0.39 is 0 Å². The van der Waals surface area contributed by atoms with Gasteiger partial charge in [-0.2, -0.15) is 0 Å². The van der Waals surface area contributed by atoms with Gasteiger partial charge < -0.3 is 14.2 Å². The smallest absolute Gasteiger partial charge is 0.106 e. The molecular weight excluding hydrogens is 306 g/mol. The fourth-order valence-corrected chi connectivity index (χ4v) is 1.17. The summed E-state index contributed by atoms with van der Waals surface area (Å²) < 4.78 is 16.1. The van der Waals surface area contributed by atoms with Gasteiger partial charge in [-0.1, -0.05) is 22.6 Å². The van der Waals surface area contributed by atoms with E-state index in [9.17, 15) is 0 Å². The van der Waals surface area contributed by atoms with E-state index in [1.54, 1.807) is 0 Å². The van der Waals surface area contributed by atoms with Crippen LogP contribution in [0.4, 0.5) is 0 Å². The number of hydrogen-bond donors (Lipinski definition) is 0. The minimum atomic E-state index is -0.0110. The van der Waals surface area contributed by atoms with Crippen molar-refractivity contribution in [3.8, 4) is 0 Å². The van der Waals surface area contributed by atoms with Crippen molar-refractivity contribution in [2.45, 2.75) is 23.2 Å². The first kappa shape index (κ1) is 12.0. The summed E-state index contributed by atoms with van der Waals surface area (Å²) in [7, 11) is 0. The molecule has 0 amide bonds. The Kier molecular flexibility index (Phi) is 5.89. The monoisotopic (exact) mass is 320 g/mol. The highest BCUT2D eigenvalue weighted by atomic mass is 127. The molecule has 13 heavy (non-hydrogen) atoms. The van der Waals surface area contributed by atoms with E-state index >= 15 is 0 Å². The second-order valence-corrected chi connectivity index (χ2v) is 5.00. The number of hydrogen-bond acceptors (Lipinski definition) is 3. The highest BCUT2D eigenvalue weighted by Crippen LogP contribution is 2.11. The number of epoxide rings is 1. The van der Waals surface area contributed by atoms with E-state index in [0.717, 1.165) is 6.61 Å². The van der Waals surface area contributed by atoms with E-state index in [0.29, 0.717) is 25.2 Å². The second-order valence-electron chi connectivity index (χ2n) is 2.94. The standard InChI is InChI=1S/C8H14ClIO3/c1-6(10)11-3-7(2-9)12-4-8-5-13-8/h6-8H,2-5H2,1H3. The molecule has 3 atom stereocenters. The molecule has 78 valence electrons. The average Bonchev–Trinajstić information content (AvgIpc) is 2.88. The maximum absolute atomic E-state index is 5.71.